The second kappa shape index (κ2) is 6.73. The summed E-state index contributed by atoms with van der Waals surface area (Å²) in [5, 5.41) is 9.80. The van der Waals surface area contributed by atoms with Crippen molar-refractivity contribution in [2.75, 3.05) is 13.7 Å². The van der Waals surface area contributed by atoms with Crippen molar-refractivity contribution in [3.63, 3.8) is 0 Å². The van der Waals surface area contributed by atoms with E-state index in [-0.39, 0.29) is 24.5 Å². The van der Waals surface area contributed by atoms with Crippen molar-refractivity contribution in [1.29, 1.82) is 0 Å². The molecular formula is C18H22ClNO4. The van der Waals surface area contributed by atoms with Gasteiger partial charge in [0, 0.05) is 24.7 Å². The summed E-state index contributed by atoms with van der Waals surface area (Å²) in [6.45, 7) is 0.470. The SMILES string of the molecule is COC1CC(CC(=O)O)N(C(=O)C2(Cc3ccccc3Cl)CC2)C1. The van der Waals surface area contributed by atoms with Crippen molar-refractivity contribution in [2.45, 2.75) is 44.2 Å². The van der Waals surface area contributed by atoms with Gasteiger partial charge in [0.25, 0.3) is 0 Å². The van der Waals surface area contributed by atoms with Crippen LogP contribution in [0.3, 0.4) is 0 Å². The van der Waals surface area contributed by atoms with Crippen LogP contribution < -0.4 is 0 Å². The number of nitrogens with zero attached hydrogens (tertiary/aromatic N) is 1. The molecule has 1 aromatic rings. The quantitative estimate of drug-likeness (QED) is 0.855. The average molecular weight is 352 g/mol. The third-order valence-corrected chi connectivity index (χ3v) is 5.54. The van der Waals surface area contributed by atoms with Crippen LogP contribution in [0.25, 0.3) is 0 Å². The number of carboxylic acid groups (broad SMARTS) is 1. The molecule has 24 heavy (non-hydrogen) atoms. The van der Waals surface area contributed by atoms with Crippen LogP contribution in [-0.4, -0.2) is 47.7 Å². The van der Waals surface area contributed by atoms with E-state index in [9.17, 15) is 9.59 Å². The number of amides is 1. The molecule has 1 heterocycles. The Kier molecular flexibility index (Phi) is 4.83. The lowest BCUT2D eigenvalue weighted by Gasteiger charge is -2.28. The van der Waals surface area contributed by atoms with Gasteiger partial charge in [-0.3, -0.25) is 9.59 Å². The Bertz CT molecular complexity index is 644. The first-order chi connectivity index (χ1) is 11.4. The van der Waals surface area contributed by atoms with E-state index in [1.54, 1.807) is 12.0 Å². The summed E-state index contributed by atoms with van der Waals surface area (Å²) in [5.74, 6) is -0.835. The summed E-state index contributed by atoms with van der Waals surface area (Å²) >= 11 is 6.24. The Labute approximate surface area is 146 Å². The number of aliphatic carboxylic acids is 1. The molecule has 1 aliphatic heterocycles. The van der Waals surface area contributed by atoms with Crippen molar-refractivity contribution in [3.8, 4) is 0 Å². The van der Waals surface area contributed by atoms with Crippen LogP contribution in [0.2, 0.25) is 5.02 Å². The van der Waals surface area contributed by atoms with Gasteiger partial charge in [-0.25, -0.2) is 0 Å². The van der Waals surface area contributed by atoms with Gasteiger partial charge in [-0.05, 0) is 37.3 Å². The number of benzene rings is 1. The van der Waals surface area contributed by atoms with Gasteiger partial charge in [0.05, 0.1) is 17.9 Å². The molecular weight excluding hydrogens is 330 g/mol. The topological polar surface area (TPSA) is 66.8 Å². The highest BCUT2D eigenvalue weighted by Gasteiger charge is 2.54. The Balaban J connectivity index is 1.76. The molecule has 5 nitrogen and oxygen atoms in total. The monoisotopic (exact) mass is 351 g/mol. The molecule has 2 fully saturated rings. The van der Waals surface area contributed by atoms with Crippen LogP contribution in [0.4, 0.5) is 0 Å². The molecule has 1 saturated heterocycles. The zero-order valence-electron chi connectivity index (χ0n) is 13.7. The minimum atomic E-state index is -0.884. The summed E-state index contributed by atoms with van der Waals surface area (Å²) in [6.07, 6.45) is 2.72. The molecule has 1 N–H and O–H groups in total. The average Bonchev–Trinajstić information content (AvgIpc) is 3.22. The first-order valence-corrected chi connectivity index (χ1v) is 8.62. The number of hydrogen-bond donors (Lipinski definition) is 1. The molecule has 0 spiro atoms. The zero-order chi connectivity index (χ0) is 17.3. The predicted octanol–water partition coefficient (Wildman–Crippen LogP) is 2.75. The molecule has 1 aromatic carbocycles. The van der Waals surface area contributed by atoms with Crippen molar-refractivity contribution in [1.82, 2.24) is 4.90 Å². The maximum atomic E-state index is 13.1. The van der Waals surface area contributed by atoms with E-state index in [0.29, 0.717) is 24.4 Å². The maximum absolute atomic E-state index is 13.1. The van der Waals surface area contributed by atoms with E-state index in [0.717, 1.165) is 18.4 Å². The van der Waals surface area contributed by atoms with E-state index in [1.165, 1.54) is 0 Å². The number of likely N-dealkylation sites (tertiary alicyclic amines) is 1. The van der Waals surface area contributed by atoms with Crippen LogP contribution in [0, 0.1) is 5.41 Å². The molecule has 2 atom stereocenters. The van der Waals surface area contributed by atoms with Gasteiger partial charge in [-0.15, -0.1) is 0 Å². The predicted molar refractivity (Wildman–Crippen MR) is 90.0 cm³/mol. The zero-order valence-corrected chi connectivity index (χ0v) is 14.5. The van der Waals surface area contributed by atoms with Crippen molar-refractivity contribution >= 4 is 23.5 Å². The summed E-state index contributed by atoms with van der Waals surface area (Å²) in [7, 11) is 1.60. The minimum Gasteiger partial charge on any atom is -0.481 e. The third kappa shape index (κ3) is 3.42. The number of hydrogen-bond acceptors (Lipinski definition) is 3. The smallest absolute Gasteiger partial charge is 0.305 e. The summed E-state index contributed by atoms with van der Waals surface area (Å²) in [4.78, 5) is 26.0. The summed E-state index contributed by atoms with van der Waals surface area (Å²) in [6, 6.07) is 7.29. The number of carbonyl (C=O) groups is 2. The van der Waals surface area contributed by atoms with Gasteiger partial charge in [-0.1, -0.05) is 29.8 Å². The fourth-order valence-corrected chi connectivity index (χ4v) is 3.82. The van der Waals surface area contributed by atoms with Gasteiger partial charge >= 0.3 is 5.97 Å². The van der Waals surface area contributed by atoms with Crippen LogP contribution >= 0.6 is 11.6 Å². The third-order valence-electron chi connectivity index (χ3n) is 5.17. The molecule has 1 saturated carbocycles. The van der Waals surface area contributed by atoms with Crippen molar-refractivity contribution < 1.29 is 19.4 Å². The lowest BCUT2D eigenvalue weighted by Crippen LogP contribution is -2.42. The Morgan fingerprint density at radius 3 is 2.67 bits per heavy atom. The van der Waals surface area contributed by atoms with Crippen LogP contribution in [0.1, 0.15) is 31.2 Å². The minimum absolute atomic E-state index is 0.0340. The second-order valence-electron chi connectivity index (χ2n) is 6.85. The van der Waals surface area contributed by atoms with E-state index >= 15 is 0 Å². The van der Waals surface area contributed by atoms with Crippen molar-refractivity contribution in [2.24, 2.45) is 5.41 Å². The molecule has 3 rings (SSSR count). The second-order valence-corrected chi connectivity index (χ2v) is 7.26. The molecule has 1 amide bonds. The first kappa shape index (κ1) is 17.2. The number of methoxy groups -OCH3 is 1. The van der Waals surface area contributed by atoms with Crippen molar-refractivity contribution in [3.05, 3.63) is 34.9 Å². The van der Waals surface area contributed by atoms with Gasteiger partial charge in [0.15, 0.2) is 0 Å². The Morgan fingerprint density at radius 2 is 2.08 bits per heavy atom. The van der Waals surface area contributed by atoms with Gasteiger partial charge in [0.1, 0.15) is 0 Å². The number of rotatable bonds is 6. The normalized spacial score (nSPS) is 24.8. The standard InChI is InChI=1S/C18H22ClNO4/c1-24-14-8-13(9-16(21)22)20(11-14)17(23)18(6-7-18)10-12-4-2-3-5-15(12)19/h2-5,13-14H,6-11H2,1H3,(H,21,22). The fraction of sp³-hybridized carbons (Fsp3) is 0.556. The number of carbonyl (C=O) groups excluding carboxylic acids is 1. The number of ether oxygens (including phenoxy) is 1. The molecule has 0 radical (unpaired) electrons. The highest BCUT2D eigenvalue weighted by molar-refractivity contribution is 6.31. The number of halogens is 1. The van der Waals surface area contributed by atoms with Crippen LogP contribution in [0.5, 0.6) is 0 Å². The van der Waals surface area contributed by atoms with E-state index in [4.69, 9.17) is 21.4 Å². The van der Waals surface area contributed by atoms with Crippen LogP contribution in [0.15, 0.2) is 24.3 Å². The summed E-state index contributed by atoms with van der Waals surface area (Å²) < 4.78 is 5.37. The molecule has 0 bridgehead atoms. The highest BCUT2D eigenvalue weighted by Crippen LogP contribution is 2.51. The fourth-order valence-electron chi connectivity index (χ4n) is 3.62. The highest BCUT2D eigenvalue weighted by atomic mass is 35.5. The lowest BCUT2D eigenvalue weighted by molar-refractivity contribution is -0.142. The summed E-state index contributed by atoms with van der Waals surface area (Å²) in [5.41, 5.74) is 0.548. The Hall–Kier alpha value is -1.59. The van der Waals surface area contributed by atoms with Gasteiger partial charge < -0.3 is 14.7 Å². The van der Waals surface area contributed by atoms with E-state index in [2.05, 4.69) is 0 Å². The van der Waals surface area contributed by atoms with Crippen LogP contribution in [-0.2, 0) is 20.7 Å². The van der Waals surface area contributed by atoms with E-state index < -0.39 is 11.4 Å². The van der Waals surface area contributed by atoms with Gasteiger partial charge in [0.2, 0.25) is 5.91 Å². The van der Waals surface area contributed by atoms with E-state index in [1.807, 2.05) is 24.3 Å². The molecule has 6 heteroatoms. The molecule has 0 aromatic heterocycles. The largest absolute Gasteiger partial charge is 0.481 e. The number of carboxylic acids is 1. The molecule has 1 aliphatic carbocycles. The van der Waals surface area contributed by atoms with Gasteiger partial charge in [-0.2, -0.15) is 0 Å². The Morgan fingerprint density at radius 1 is 1.38 bits per heavy atom. The molecule has 2 aliphatic rings. The maximum Gasteiger partial charge on any atom is 0.305 e. The lowest BCUT2D eigenvalue weighted by atomic mass is 9.94. The first-order valence-electron chi connectivity index (χ1n) is 8.24. The molecule has 130 valence electrons. The molecule has 2 unspecified atom stereocenters.